The molecule has 26 heavy (non-hydrogen) atoms. The Balaban J connectivity index is 1.90. The minimum absolute atomic E-state index is 0.0950. The van der Waals surface area contributed by atoms with Crippen LogP contribution in [0.4, 0.5) is 5.69 Å². The van der Waals surface area contributed by atoms with Gasteiger partial charge in [0.05, 0.1) is 5.69 Å². The normalized spacial score (nSPS) is 33.8. The molecule has 3 aliphatic heterocycles. The fourth-order valence-corrected chi connectivity index (χ4v) is 5.09. The lowest BCUT2D eigenvalue weighted by Gasteiger charge is -2.29. The number of carbonyl (C=O) groups is 3. The first-order valence-electron chi connectivity index (χ1n) is 9.48. The number of nitrogens with one attached hydrogen (secondary N) is 1. The number of nitrogens with zero attached hydrogens (tertiary/aromatic N) is 1. The molecule has 0 aliphatic carbocycles. The smallest absolute Gasteiger partial charge is 0.291 e. The Labute approximate surface area is 153 Å². The van der Waals surface area contributed by atoms with Crippen LogP contribution < -0.4 is 10.6 Å². The molecule has 3 N–H and O–H groups in total. The van der Waals surface area contributed by atoms with E-state index >= 15 is 0 Å². The first-order valence-corrected chi connectivity index (χ1v) is 9.48. The van der Waals surface area contributed by atoms with Gasteiger partial charge in [-0.15, -0.1) is 0 Å². The van der Waals surface area contributed by atoms with E-state index in [1.165, 1.54) is 4.90 Å². The van der Waals surface area contributed by atoms with Gasteiger partial charge in [0.2, 0.25) is 17.4 Å². The number of hydrogen-bond donors (Lipinski definition) is 2. The van der Waals surface area contributed by atoms with Gasteiger partial charge in [-0.2, -0.15) is 0 Å². The van der Waals surface area contributed by atoms with E-state index < -0.39 is 17.4 Å². The van der Waals surface area contributed by atoms with E-state index in [2.05, 4.69) is 19.2 Å². The standard InChI is InChI=1S/C20H25N3O3/c1-5-11(4)23-17(24)14-15(18(23)25)20(22-16(14)10(2)3)12-8-6-7-9-13(12)21-19(20)26/h6-11,14-16,22H,5H2,1-4H3,(H,21,26)/p+1/t11-,14+,15+,16-,20-/m1/s1. The van der Waals surface area contributed by atoms with E-state index in [0.29, 0.717) is 6.42 Å². The van der Waals surface area contributed by atoms with E-state index in [0.717, 1.165) is 11.3 Å². The van der Waals surface area contributed by atoms with Crippen LogP contribution in [0.15, 0.2) is 24.3 Å². The Morgan fingerprint density at radius 2 is 1.85 bits per heavy atom. The lowest BCUT2D eigenvalue weighted by Crippen LogP contribution is -2.99. The topological polar surface area (TPSA) is 83.1 Å². The van der Waals surface area contributed by atoms with Crippen LogP contribution in [0.2, 0.25) is 0 Å². The molecule has 3 heterocycles. The maximum atomic E-state index is 13.4. The van der Waals surface area contributed by atoms with Crippen LogP contribution in [-0.4, -0.2) is 34.7 Å². The van der Waals surface area contributed by atoms with Crippen molar-refractivity contribution in [3.63, 3.8) is 0 Å². The van der Waals surface area contributed by atoms with Crippen molar-refractivity contribution in [3.8, 4) is 0 Å². The summed E-state index contributed by atoms with van der Waals surface area (Å²) >= 11 is 0. The minimum atomic E-state index is -1.04. The number of fused-ring (bicyclic) bond motifs is 4. The van der Waals surface area contributed by atoms with Gasteiger partial charge < -0.3 is 10.6 Å². The van der Waals surface area contributed by atoms with Gasteiger partial charge in [-0.1, -0.05) is 39.0 Å². The third-order valence-corrected chi connectivity index (χ3v) is 6.54. The zero-order chi connectivity index (χ0) is 18.8. The summed E-state index contributed by atoms with van der Waals surface area (Å²) < 4.78 is 0. The summed E-state index contributed by atoms with van der Waals surface area (Å²) in [6.07, 6.45) is 0.711. The Morgan fingerprint density at radius 1 is 1.15 bits per heavy atom. The minimum Gasteiger partial charge on any atom is -0.326 e. The molecule has 5 atom stereocenters. The number of nitrogens with two attached hydrogens (primary N) is 1. The van der Waals surface area contributed by atoms with Crippen LogP contribution in [0.1, 0.15) is 39.7 Å². The largest absolute Gasteiger partial charge is 0.326 e. The molecule has 6 heteroatoms. The maximum absolute atomic E-state index is 13.4. The summed E-state index contributed by atoms with van der Waals surface area (Å²) in [5.41, 5.74) is 0.542. The number of likely N-dealkylation sites (tertiary alicyclic amines) is 1. The quantitative estimate of drug-likeness (QED) is 0.787. The summed E-state index contributed by atoms with van der Waals surface area (Å²) in [5, 5.41) is 4.94. The van der Waals surface area contributed by atoms with Crippen LogP contribution in [-0.2, 0) is 19.9 Å². The van der Waals surface area contributed by atoms with Gasteiger partial charge in [0.1, 0.15) is 17.9 Å². The summed E-state index contributed by atoms with van der Waals surface area (Å²) in [4.78, 5) is 41.2. The van der Waals surface area contributed by atoms with Gasteiger partial charge in [-0.3, -0.25) is 19.3 Å². The Kier molecular flexibility index (Phi) is 3.74. The lowest BCUT2D eigenvalue weighted by atomic mass is 9.76. The van der Waals surface area contributed by atoms with Crippen molar-refractivity contribution in [2.45, 2.75) is 51.7 Å². The Hall–Kier alpha value is -2.21. The summed E-state index contributed by atoms with van der Waals surface area (Å²) in [7, 11) is 0. The Bertz CT molecular complexity index is 805. The molecule has 0 aromatic heterocycles. The highest BCUT2D eigenvalue weighted by Gasteiger charge is 2.74. The number of para-hydroxylation sites is 1. The van der Waals surface area contributed by atoms with Crippen molar-refractivity contribution in [2.75, 3.05) is 5.32 Å². The number of anilines is 1. The fraction of sp³-hybridized carbons (Fsp3) is 0.550. The molecular formula is C20H26N3O3+. The average Bonchev–Trinajstić information content (AvgIpc) is 3.20. The highest BCUT2D eigenvalue weighted by molar-refractivity contribution is 6.14. The second-order valence-electron chi connectivity index (χ2n) is 8.16. The average molecular weight is 356 g/mol. The van der Waals surface area contributed by atoms with Crippen LogP contribution in [0.3, 0.4) is 0 Å². The molecule has 1 aromatic rings. The molecule has 3 amide bonds. The predicted molar refractivity (Wildman–Crippen MR) is 95.9 cm³/mol. The highest BCUT2D eigenvalue weighted by atomic mass is 16.2. The molecule has 6 nitrogen and oxygen atoms in total. The monoisotopic (exact) mass is 356 g/mol. The zero-order valence-corrected chi connectivity index (χ0v) is 15.7. The van der Waals surface area contributed by atoms with Crippen LogP contribution >= 0.6 is 0 Å². The zero-order valence-electron chi connectivity index (χ0n) is 15.7. The van der Waals surface area contributed by atoms with Crippen molar-refractivity contribution >= 4 is 23.4 Å². The number of hydrogen-bond acceptors (Lipinski definition) is 3. The van der Waals surface area contributed by atoms with Crippen molar-refractivity contribution < 1.29 is 19.7 Å². The van der Waals surface area contributed by atoms with E-state index in [9.17, 15) is 14.4 Å². The molecule has 0 saturated carbocycles. The Morgan fingerprint density at radius 3 is 2.50 bits per heavy atom. The fourth-order valence-electron chi connectivity index (χ4n) is 5.09. The maximum Gasteiger partial charge on any atom is 0.291 e. The molecule has 1 aromatic carbocycles. The third kappa shape index (κ3) is 1.93. The molecule has 0 bridgehead atoms. The van der Waals surface area contributed by atoms with Crippen LogP contribution in [0, 0.1) is 17.8 Å². The molecule has 0 radical (unpaired) electrons. The van der Waals surface area contributed by atoms with E-state index in [4.69, 9.17) is 0 Å². The molecule has 138 valence electrons. The van der Waals surface area contributed by atoms with Crippen molar-refractivity contribution in [1.29, 1.82) is 0 Å². The third-order valence-electron chi connectivity index (χ3n) is 6.54. The number of carbonyl (C=O) groups excluding carboxylic acids is 3. The molecular weight excluding hydrogens is 330 g/mol. The molecule has 2 saturated heterocycles. The SMILES string of the molecule is CC[C@@H](C)N1C(=O)[C@@H]2[C@@H](C(C)C)[NH2+][C@@]3(C(=O)Nc4ccccc43)[C@@H]2C1=O. The van der Waals surface area contributed by atoms with Gasteiger partial charge in [-0.05, 0) is 19.4 Å². The van der Waals surface area contributed by atoms with Crippen molar-refractivity contribution in [2.24, 2.45) is 17.8 Å². The second-order valence-corrected chi connectivity index (χ2v) is 8.16. The second kappa shape index (κ2) is 5.64. The van der Waals surface area contributed by atoms with E-state index in [1.807, 2.05) is 43.4 Å². The first kappa shape index (κ1) is 17.2. The summed E-state index contributed by atoms with van der Waals surface area (Å²) in [6.45, 7) is 7.98. The number of quaternary nitrogens is 1. The molecule has 4 rings (SSSR count). The molecule has 3 aliphatic rings. The summed E-state index contributed by atoms with van der Waals surface area (Å²) in [5.74, 6) is -1.40. The number of imide groups is 1. The van der Waals surface area contributed by atoms with Gasteiger partial charge in [0, 0.05) is 17.5 Å². The number of amides is 3. The van der Waals surface area contributed by atoms with Gasteiger partial charge in [-0.25, -0.2) is 0 Å². The summed E-state index contributed by atoms with van der Waals surface area (Å²) in [6, 6.07) is 7.29. The van der Waals surface area contributed by atoms with E-state index in [1.54, 1.807) is 0 Å². The van der Waals surface area contributed by atoms with Crippen molar-refractivity contribution in [1.82, 2.24) is 4.90 Å². The van der Waals surface area contributed by atoms with Gasteiger partial charge in [0.25, 0.3) is 5.91 Å². The first-order chi connectivity index (χ1) is 12.3. The van der Waals surface area contributed by atoms with Crippen LogP contribution in [0.5, 0.6) is 0 Å². The molecule has 1 spiro atoms. The van der Waals surface area contributed by atoms with Gasteiger partial charge in [0.15, 0.2) is 0 Å². The van der Waals surface area contributed by atoms with E-state index in [-0.39, 0.29) is 35.7 Å². The van der Waals surface area contributed by atoms with Gasteiger partial charge >= 0.3 is 0 Å². The molecule has 0 unspecified atom stereocenters. The number of rotatable bonds is 3. The lowest BCUT2D eigenvalue weighted by molar-refractivity contribution is -0.738. The molecule has 2 fully saturated rings. The number of benzene rings is 1. The van der Waals surface area contributed by atoms with Crippen LogP contribution in [0.25, 0.3) is 0 Å². The predicted octanol–water partition coefficient (Wildman–Crippen LogP) is 0.835. The van der Waals surface area contributed by atoms with Crippen molar-refractivity contribution in [3.05, 3.63) is 29.8 Å². The highest BCUT2D eigenvalue weighted by Crippen LogP contribution is 2.50.